The van der Waals surface area contributed by atoms with Crippen LogP contribution in [0.15, 0.2) is 24.3 Å². The molecule has 0 aromatic heterocycles. The average Bonchev–Trinajstić information content (AvgIpc) is 3.29. The summed E-state index contributed by atoms with van der Waals surface area (Å²) < 4.78 is 5.46. The van der Waals surface area contributed by atoms with E-state index in [1.54, 1.807) is 6.08 Å². The van der Waals surface area contributed by atoms with Crippen LogP contribution in [0.2, 0.25) is 0 Å². The Balaban J connectivity index is 3.52. The van der Waals surface area contributed by atoms with E-state index in [-0.39, 0.29) is 18.5 Å². The molecule has 2 atom stereocenters. The molecule has 0 aromatic carbocycles. The maximum absolute atomic E-state index is 12.5. The van der Waals surface area contributed by atoms with Crippen LogP contribution in [0.4, 0.5) is 0 Å². The van der Waals surface area contributed by atoms with Crippen LogP contribution in [-0.2, 0) is 14.3 Å². The SMILES string of the molecule is CCCCCCCCCCCCCCCCCCC/C=C/C(O)C(CO)NC(=O)CCCCCCC/C=C\CCCCCOC(=O)CCCCCCCCCCCCCCCCCC. The number of allylic oxidation sites excluding steroid dienone is 3. The summed E-state index contributed by atoms with van der Waals surface area (Å²) in [7, 11) is 0. The zero-order valence-corrected chi connectivity index (χ0v) is 43.0. The van der Waals surface area contributed by atoms with Gasteiger partial charge in [0, 0.05) is 12.8 Å². The fourth-order valence-electron chi connectivity index (χ4n) is 8.81. The predicted octanol–water partition coefficient (Wildman–Crippen LogP) is 17.5. The van der Waals surface area contributed by atoms with E-state index in [0.717, 1.165) is 77.0 Å². The lowest BCUT2D eigenvalue weighted by Gasteiger charge is -2.20. The maximum Gasteiger partial charge on any atom is 0.305 e. The molecule has 0 heterocycles. The van der Waals surface area contributed by atoms with E-state index >= 15 is 0 Å². The van der Waals surface area contributed by atoms with Crippen molar-refractivity contribution in [3.8, 4) is 0 Å². The molecule has 0 saturated carbocycles. The van der Waals surface area contributed by atoms with Gasteiger partial charge in [0.15, 0.2) is 0 Å². The number of nitrogens with one attached hydrogen (secondary N) is 1. The minimum absolute atomic E-state index is 0.0206. The molecule has 0 rings (SSSR count). The predicted molar refractivity (Wildman–Crippen MR) is 278 cm³/mol. The largest absolute Gasteiger partial charge is 0.466 e. The van der Waals surface area contributed by atoms with E-state index in [2.05, 4.69) is 31.3 Å². The average molecular weight is 903 g/mol. The molecule has 0 radical (unpaired) electrons. The molecule has 0 fully saturated rings. The van der Waals surface area contributed by atoms with Crippen LogP contribution in [0.5, 0.6) is 0 Å². The number of ether oxygens (including phenoxy) is 1. The number of amides is 1. The van der Waals surface area contributed by atoms with Crippen molar-refractivity contribution in [1.29, 1.82) is 0 Å². The molecule has 0 aromatic rings. The second-order valence-electron chi connectivity index (χ2n) is 19.6. The molecule has 6 nitrogen and oxygen atoms in total. The summed E-state index contributed by atoms with van der Waals surface area (Å²) in [5, 5.41) is 23.1. The summed E-state index contributed by atoms with van der Waals surface area (Å²) in [5.41, 5.74) is 0. The Morgan fingerprint density at radius 2 is 0.734 bits per heavy atom. The first-order chi connectivity index (χ1) is 31.5. The standard InChI is InChI=1S/C58H111NO5/c1-3-5-7-9-11-13-15-17-19-21-22-23-24-26-30-34-38-42-46-50-56(61)55(54-60)59-57(62)51-47-43-39-35-31-28-29-33-37-41-45-49-53-64-58(63)52-48-44-40-36-32-27-25-20-18-16-14-12-10-8-6-4-2/h29,33,46,50,55-56,60-61H,3-28,30-32,34-45,47-49,51-54H2,1-2H3,(H,59,62)/b33-29-,50-46+. The topological polar surface area (TPSA) is 95.9 Å². The number of aliphatic hydroxyl groups excluding tert-OH is 2. The summed E-state index contributed by atoms with van der Waals surface area (Å²) in [6.07, 6.45) is 64.8. The van der Waals surface area contributed by atoms with E-state index in [1.165, 1.54) is 205 Å². The Bertz CT molecular complexity index is 997. The summed E-state index contributed by atoms with van der Waals surface area (Å²) in [4.78, 5) is 24.5. The molecule has 2 unspecified atom stereocenters. The highest BCUT2D eigenvalue weighted by molar-refractivity contribution is 5.76. The molecule has 6 heteroatoms. The Morgan fingerprint density at radius 1 is 0.422 bits per heavy atom. The number of unbranched alkanes of at least 4 members (excludes halogenated alkanes) is 40. The van der Waals surface area contributed by atoms with Gasteiger partial charge in [-0.25, -0.2) is 0 Å². The van der Waals surface area contributed by atoms with E-state index < -0.39 is 12.1 Å². The molecular weight excluding hydrogens is 791 g/mol. The van der Waals surface area contributed by atoms with Crippen LogP contribution in [0.25, 0.3) is 0 Å². The van der Waals surface area contributed by atoms with Gasteiger partial charge < -0.3 is 20.3 Å². The Kier molecular flexibility index (Phi) is 52.6. The van der Waals surface area contributed by atoms with Crippen molar-refractivity contribution >= 4 is 11.9 Å². The van der Waals surface area contributed by atoms with Crippen molar-refractivity contribution in [2.75, 3.05) is 13.2 Å². The number of carbonyl (C=O) groups excluding carboxylic acids is 2. The zero-order chi connectivity index (χ0) is 46.5. The lowest BCUT2D eigenvalue weighted by molar-refractivity contribution is -0.143. The molecule has 0 aliphatic rings. The van der Waals surface area contributed by atoms with Crippen LogP contribution in [0, 0.1) is 0 Å². The lowest BCUT2D eigenvalue weighted by Crippen LogP contribution is -2.45. The van der Waals surface area contributed by atoms with Crippen molar-refractivity contribution in [2.45, 2.75) is 321 Å². The van der Waals surface area contributed by atoms with Gasteiger partial charge in [0.1, 0.15) is 0 Å². The number of carbonyl (C=O) groups is 2. The fraction of sp³-hybridized carbons (Fsp3) is 0.897. The van der Waals surface area contributed by atoms with Crippen LogP contribution in [0.3, 0.4) is 0 Å². The quantitative estimate of drug-likeness (QED) is 0.0321. The van der Waals surface area contributed by atoms with Gasteiger partial charge in [-0.05, 0) is 64.2 Å². The van der Waals surface area contributed by atoms with E-state index in [4.69, 9.17) is 4.74 Å². The minimum Gasteiger partial charge on any atom is -0.466 e. The maximum atomic E-state index is 12.5. The van der Waals surface area contributed by atoms with Crippen molar-refractivity contribution in [3.05, 3.63) is 24.3 Å². The van der Waals surface area contributed by atoms with E-state index in [9.17, 15) is 19.8 Å². The van der Waals surface area contributed by atoms with Crippen molar-refractivity contribution < 1.29 is 24.5 Å². The number of rotatable bonds is 53. The van der Waals surface area contributed by atoms with Gasteiger partial charge >= 0.3 is 5.97 Å². The molecule has 378 valence electrons. The summed E-state index contributed by atoms with van der Waals surface area (Å²) >= 11 is 0. The van der Waals surface area contributed by atoms with Crippen LogP contribution >= 0.6 is 0 Å². The zero-order valence-electron chi connectivity index (χ0n) is 43.0. The Labute approximate surface area is 399 Å². The molecule has 0 aliphatic heterocycles. The monoisotopic (exact) mass is 902 g/mol. The van der Waals surface area contributed by atoms with Gasteiger partial charge in [-0.2, -0.15) is 0 Å². The van der Waals surface area contributed by atoms with Gasteiger partial charge in [0.05, 0.1) is 25.4 Å². The van der Waals surface area contributed by atoms with Crippen LogP contribution in [-0.4, -0.2) is 47.4 Å². The first-order valence-electron chi connectivity index (χ1n) is 28.6. The molecule has 1 amide bonds. The molecule has 64 heavy (non-hydrogen) atoms. The molecule has 0 aliphatic carbocycles. The Morgan fingerprint density at radius 3 is 1.11 bits per heavy atom. The molecule has 0 bridgehead atoms. The van der Waals surface area contributed by atoms with Gasteiger partial charge in [-0.15, -0.1) is 0 Å². The second kappa shape index (κ2) is 54.0. The first-order valence-corrected chi connectivity index (χ1v) is 28.6. The molecule has 3 N–H and O–H groups in total. The molecule has 0 saturated heterocycles. The van der Waals surface area contributed by atoms with Gasteiger partial charge in [-0.1, -0.05) is 256 Å². The summed E-state index contributed by atoms with van der Waals surface area (Å²) in [6, 6.07) is -0.646. The number of esters is 1. The van der Waals surface area contributed by atoms with Gasteiger partial charge in [-0.3, -0.25) is 9.59 Å². The van der Waals surface area contributed by atoms with Gasteiger partial charge in [0.2, 0.25) is 5.91 Å². The van der Waals surface area contributed by atoms with E-state index in [0.29, 0.717) is 19.4 Å². The minimum atomic E-state index is -0.860. The van der Waals surface area contributed by atoms with Crippen LogP contribution in [0.1, 0.15) is 309 Å². The Hall–Kier alpha value is -1.66. The number of hydrogen-bond acceptors (Lipinski definition) is 5. The third kappa shape index (κ3) is 49.8. The van der Waals surface area contributed by atoms with Crippen molar-refractivity contribution in [1.82, 2.24) is 5.32 Å². The third-order valence-electron chi connectivity index (χ3n) is 13.2. The smallest absolute Gasteiger partial charge is 0.305 e. The van der Waals surface area contributed by atoms with Gasteiger partial charge in [0.25, 0.3) is 0 Å². The highest BCUT2D eigenvalue weighted by Crippen LogP contribution is 2.17. The highest BCUT2D eigenvalue weighted by Gasteiger charge is 2.18. The van der Waals surface area contributed by atoms with Crippen molar-refractivity contribution in [3.63, 3.8) is 0 Å². The molecule has 0 spiro atoms. The highest BCUT2D eigenvalue weighted by atomic mass is 16.5. The lowest BCUT2D eigenvalue weighted by atomic mass is 10.0. The number of aliphatic hydroxyl groups is 2. The second-order valence-corrected chi connectivity index (χ2v) is 19.6. The van der Waals surface area contributed by atoms with Crippen LogP contribution < -0.4 is 5.32 Å². The fourth-order valence-corrected chi connectivity index (χ4v) is 8.81. The summed E-state index contributed by atoms with van der Waals surface area (Å²) in [5.74, 6) is -0.112. The normalized spacial score (nSPS) is 12.8. The van der Waals surface area contributed by atoms with E-state index in [1.807, 2.05) is 6.08 Å². The number of hydrogen-bond donors (Lipinski definition) is 3. The third-order valence-corrected chi connectivity index (χ3v) is 13.2. The van der Waals surface area contributed by atoms with Crippen molar-refractivity contribution in [2.24, 2.45) is 0 Å². The first kappa shape index (κ1) is 62.3. The summed E-state index contributed by atoms with van der Waals surface area (Å²) in [6.45, 7) is 4.86. The molecular formula is C58H111NO5.